The van der Waals surface area contributed by atoms with Crippen LogP contribution in [0.1, 0.15) is 34.8 Å². The first-order valence-electron chi connectivity index (χ1n) is 6.80. The number of aryl methyl sites for hydroxylation is 1. The SMILES string of the molecule is CC(=O)N1CCc2c(cn(CCCO)c(=O)c2C(=O)O)C1. The van der Waals surface area contributed by atoms with E-state index in [1.165, 1.54) is 11.5 Å². The summed E-state index contributed by atoms with van der Waals surface area (Å²) in [6, 6.07) is 0. The number of pyridine rings is 1. The van der Waals surface area contributed by atoms with E-state index in [-0.39, 0.29) is 24.6 Å². The van der Waals surface area contributed by atoms with Crippen LogP contribution in [0.2, 0.25) is 0 Å². The molecule has 0 saturated heterocycles. The molecule has 0 radical (unpaired) electrons. The average Bonchev–Trinajstić information content (AvgIpc) is 2.44. The van der Waals surface area contributed by atoms with Crippen LogP contribution in [0, 0.1) is 0 Å². The average molecular weight is 294 g/mol. The third-order valence-corrected chi connectivity index (χ3v) is 3.69. The van der Waals surface area contributed by atoms with Crippen molar-refractivity contribution in [1.29, 1.82) is 0 Å². The Labute approximate surface area is 121 Å². The number of hydrogen-bond acceptors (Lipinski definition) is 4. The second-order valence-electron chi connectivity index (χ2n) is 5.08. The number of aliphatic hydroxyl groups is 1. The highest BCUT2D eigenvalue weighted by Gasteiger charge is 2.26. The van der Waals surface area contributed by atoms with Gasteiger partial charge in [0.1, 0.15) is 5.56 Å². The normalized spacial score (nSPS) is 13.9. The van der Waals surface area contributed by atoms with E-state index in [4.69, 9.17) is 5.11 Å². The predicted octanol–water partition coefficient (Wildman–Crippen LogP) is -0.167. The van der Waals surface area contributed by atoms with Crippen LogP contribution in [0.3, 0.4) is 0 Å². The molecule has 0 aromatic carbocycles. The fraction of sp³-hybridized carbons (Fsp3) is 0.500. The fourth-order valence-corrected chi connectivity index (χ4v) is 2.61. The van der Waals surface area contributed by atoms with Crippen molar-refractivity contribution in [2.24, 2.45) is 0 Å². The van der Waals surface area contributed by atoms with Gasteiger partial charge in [0.2, 0.25) is 5.91 Å². The monoisotopic (exact) mass is 294 g/mol. The van der Waals surface area contributed by atoms with Gasteiger partial charge in [0.15, 0.2) is 0 Å². The molecule has 0 spiro atoms. The van der Waals surface area contributed by atoms with E-state index in [2.05, 4.69) is 0 Å². The van der Waals surface area contributed by atoms with E-state index < -0.39 is 11.5 Å². The molecular weight excluding hydrogens is 276 g/mol. The van der Waals surface area contributed by atoms with E-state index in [9.17, 15) is 19.5 Å². The second-order valence-corrected chi connectivity index (χ2v) is 5.08. The molecule has 114 valence electrons. The van der Waals surface area contributed by atoms with Crippen LogP contribution in [0.5, 0.6) is 0 Å². The highest BCUT2D eigenvalue weighted by atomic mass is 16.4. The third-order valence-electron chi connectivity index (χ3n) is 3.69. The second kappa shape index (κ2) is 6.09. The Bertz CT molecular complexity index is 635. The number of fused-ring (bicyclic) bond motifs is 1. The molecule has 0 unspecified atom stereocenters. The Hall–Kier alpha value is -2.15. The number of aromatic carboxylic acids is 1. The van der Waals surface area contributed by atoms with E-state index in [0.29, 0.717) is 37.1 Å². The van der Waals surface area contributed by atoms with Gasteiger partial charge in [0, 0.05) is 39.4 Å². The molecule has 0 bridgehead atoms. The number of nitrogens with zero attached hydrogens (tertiary/aromatic N) is 2. The number of carboxylic acid groups (broad SMARTS) is 1. The molecule has 7 heteroatoms. The molecule has 2 heterocycles. The van der Waals surface area contributed by atoms with E-state index >= 15 is 0 Å². The summed E-state index contributed by atoms with van der Waals surface area (Å²) in [6.45, 7) is 2.37. The number of carbonyl (C=O) groups is 2. The minimum atomic E-state index is -1.24. The molecule has 1 aliphatic rings. The van der Waals surface area contributed by atoms with Crippen LogP contribution in [0.4, 0.5) is 0 Å². The van der Waals surface area contributed by atoms with Crippen molar-refractivity contribution in [1.82, 2.24) is 9.47 Å². The Morgan fingerprint density at radius 1 is 1.38 bits per heavy atom. The first-order chi connectivity index (χ1) is 9.95. The largest absolute Gasteiger partial charge is 0.477 e. The maximum absolute atomic E-state index is 12.2. The Morgan fingerprint density at radius 3 is 2.67 bits per heavy atom. The summed E-state index contributed by atoms with van der Waals surface area (Å²) in [6.07, 6.45) is 2.34. The lowest BCUT2D eigenvalue weighted by molar-refractivity contribution is -0.129. The van der Waals surface area contributed by atoms with Crippen molar-refractivity contribution in [3.63, 3.8) is 0 Å². The molecule has 0 fully saturated rings. The van der Waals surface area contributed by atoms with E-state index in [1.54, 1.807) is 11.1 Å². The number of carbonyl (C=O) groups excluding carboxylic acids is 1. The fourth-order valence-electron chi connectivity index (χ4n) is 2.61. The summed E-state index contributed by atoms with van der Waals surface area (Å²) >= 11 is 0. The summed E-state index contributed by atoms with van der Waals surface area (Å²) in [5, 5.41) is 18.2. The van der Waals surface area contributed by atoms with Gasteiger partial charge < -0.3 is 19.7 Å². The molecule has 0 atom stereocenters. The first-order valence-corrected chi connectivity index (χ1v) is 6.80. The minimum Gasteiger partial charge on any atom is -0.477 e. The lowest BCUT2D eigenvalue weighted by atomic mass is 9.96. The van der Waals surface area contributed by atoms with Gasteiger partial charge in [-0.15, -0.1) is 0 Å². The van der Waals surface area contributed by atoms with Gasteiger partial charge in [-0.3, -0.25) is 9.59 Å². The molecule has 0 aliphatic carbocycles. The third kappa shape index (κ3) is 2.97. The maximum Gasteiger partial charge on any atom is 0.341 e. The summed E-state index contributed by atoms with van der Waals surface area (Å²) in [7, 11) is 0. The number of amides is 1. The van der Waals surface area contributed by atoms with Crippen LogP contribution >= 0.6 is 0 Å². The van der Waals surface area contributed by atoms with Crippen molar-refractivity contribution in [3.8, 4) is 0 Å². The Balaban J connectivity index is 2.51. The Kier molecular flexibility index (Phi) is 4.42. The van der Waals surface area contributed by atoms with E-state index in [0.717, 1.165) is 0 Å². The lowest BCUT2D eigenvalue weighted by Crippen LogP contribution is -2.38. The zero-order chi connectivity index (χ0) is 15.6. The number of aromatic nitrogens is 1. The van der Waals surface area contributed by atoms with Crippen LogP contribution < -0.4 is 5.56 Å². The van der Waals surface area contributed by atoms with Crippen LogP contribution in [-0.2, 0) is 24.3 Å². The van der Waals surface area contributed by atoms with Crippen molar-refractivity contribution in [3.05, 3.63) is 33.2 Å². The van der Waals surface area contributed by atoms with Gasteiger partial charge in [-0.1, -0.05) is 0 Å². The lowest BCUT2D eigenvalue weighted by Gasteiger charge is -2.29. The highest BCUT2D eigenvalue weighted by Crippen LogP contribution is 2.21. The van der Waals surface area contributed by atoms with Crippen molar-refractivity contribution < 1.29 is 19.8 Å². The molecule has 1 aromatic heterocycles. The first kappa shape index (κ1) is 15.2. The van der Waals surface area contributed by atoms with Crippen LogP contribution in [-0.4, -0.2) is 44.7 Å². The van der Waals surface area contributed by atoms with Crippen LogP contribution in [0.25, 0.3) is 0 Å². The van der Waals surface area contributed by atoms with Gasteiger partial charge in [-0.05, 0) is 24.0 Å². The number of carboxylic acids is 1. The summed E-state index contributed by atoms with van der Waals surface area (Å²) in [5.74, 6) is -1.32. The number of aliphatic hydroxyl groups excluding tert-OH is 1. The van der Waals surface area contributed by atoms with Crippen molar-refractivity contribution in [2.45, 2.75) is 32.9 Å². The molecule has 1 aliphatic heterocycles. The molecule has 0 saturated carbocycles. The predicted molar refractivity (Wildman–Crippen MR) is 74.2 cm³/mol. The maximum atomic E-state index is 12.2. The van der Waals surface area contributed by atoms with Gasteiger partial charge in [0.05, 0.1) is 0 Å². The molecule has 7 nitrogen and oxygen atoms in total. The number of hydrogen-bond donors (Lipinski definition) is 2. The molecule has 21 heavy (non-hydrogen) atoms. The van der Waals surface area contributed by atoms with Gasteiger partial charge >= 0.3 is 5.97 Å². The number of rotatable bonds is 4. The summed E-state index contributed by atoms with van der Waals surface area (Å²) < 4.78 is 1.31. The van der Waals surface area contributed by atoms with Crippen molar-refractivity contribution in [2.75, 3.05) is 13.2 Å². The van der Waals surface area contributed by atoms with Crippen LogP contribution in [0.15, 0.2) is 11.0 Å². The van der Waals surface area contributed by atoms with E-state index in [1.807, 2.05) is 0 Å². The highest BCUT2D eigenvalue weighted by molar-refractivity contribution is 5.89. The van der Waals surface area contributed by atoms with Gasteiger partial charge in [0.25, 0.3) is 5.56 Å². The zero-order valence-corrected chi connectivity index (χ0v) is 11.8. The minimum absolute atomic E-state index is 0.0779. The molecule has 2 N–H and O–H groups in total. The Morgan fingerprint density at radius 2 is 2.10 bits per heavy atom. The summed E-state index contributed by atoms with van der Waals surface area (Å²) in [5.41, 5.74) is 0.441. The zero-order valence-electron chi connectivity index (χ0n) is 11.8. The van der Waals surface area contributed by atoms with Gasteiger partial charge in [-0.25, -0.2) is 4.79 Å². The molecule has 1 aromatic rings. The summed E-state index contributed by atoms with van der Waals surface area (Å²) in [4.78, 5) is 36.7. The smallest absolute Gasteiger partial charge is 0.341 e. The van der Waals surface area contributed by atoms with Gasteiger partial charge in [-0.2, -0.15) is 0 Å². The quantitative estimate of drug-likeness (QED) is 0.803. The molecular formula is C14H18N2O5. The van der Waals surface area contributed by atoms with Crippen molar-refractivity contribution >= 4 is 11.9 Å². The molecule has 2 rings (SSSR count). The topological polar surface area (TPSA) is 99.8 Å². The standard InChI is InChI=1S/C14H18N2O5/c1-9(18)15-5-3-11-10(7-15)8-16(4-2-6-17)13(19)12(11)14(20)21/h8,17H,2-7H2,1H3,(H,20,21). The molecule has 1 amide bonds.